The van der Waals surface area contributed by atoms with E-state index < -0.39 is 0 Å². The second-order valence-electron chi connectivity index (χ2n) is 3.95. The van der Waals surface area contributed by atoms with Gasteiger partial charge in [-0.05, 0) is 32.0 Å². The maximum Gasteiger partial charge on any atom is 0.184 e. The number of rotatable bonds is 5. The Morgan fingerprint density at radius 1 is 1.53 bits per heavy atom. The molecule has 5 heteroatoms. The van der Waals surface area contributed by atoms with Crippen molar-refractivity contribution in [1.29, 1.82) is 0 Å². The molecule has 0 spiro atoms. The van der Waals surface area contributed by atoms with Crippen LogP contribution in [0.1, 0.15) is 13.8 Å². The fourth-order valence-corrected chi connectivity index (χ4v) is 2.58. The number of nitrogen functional groups attached to an aromatic ring is 1. The van der Waals surface area contributed by atoms with Crippen LogP contribution in [0.2, 0.25) is 0 Å². The molecule has 0 aliphatic heterocycles. The monoisotopic (exact) mass is 251 g/mol. The molecule has 1 atom stereocenters. The molecule has 0 fully saturated rings. The van der Waals surface area contributed by atoms with Crippen molar-refractivity contribution in [3.63, 3.8) is 0 Å². The van der Waals surface area contributed by atoms with Crippen LogP contribution in [0.25, 0.3) is 10.2 Å². The summed E-state index contributed by atoms with van der Waals surface area (Å²) < 4.78 is 6.46. The van der Waals surface area contributed by atoms with E-state index in [4.69, 9.17) is 10.5 Å². The van der Waals surface area contributed by atoms with Gasteiger partial charge in [-0.15, -0.1) is 0 Å². The Morgan fingerprint density at radius 3 is 3.12 bits per heavy atom. The average Bonchev–Trinajstić information content (AvgIpc) is 2.67. The highest BCUT2D eigenvalue weighted by atomic mass is 32.1. The number of hydrogen-bond acceptors (Lipinski definition) is 5. The number of ether oxygens (including phenoxy) is 1. The van der Waals surface area contributed by atoms with Crippen LogP contribution in [0.4, 0.5) is 10.8 Å². The van der Waals surface area contributed by atoms with E-state index in [9.17, 15) is 0 Å². The third-order valence-electron chi connectivity index (χ3n) is 2.35. The predicted octanol–water partition coefficient (Wildman–Crippen LogP) is 2.72. The first-order chi connectivity index (χ1) is 8.19. The molecule has 0 saturated carbocycles. The van der Waals surface area contributed by atoms with Crippen molar-refractivity contribution in [2.75, 3.05) is 24.3 Å². The Kier molecular flexibility index (Phi) is 3.81. The molecule has 3 N–H and O–H groups in total. The number of hydrogen-bond donors (Lipinski definition) is 2. The molecule has 1 aromatic carbocycles. The largest absolute Gasteiger partial charge is 0.399 e. The van der Waals surface area contributed by atoms with Gasteiger partial charge < -0.3 is 15.8 Å². The van der Waals surface area contributed by atoms with E-state index in [1.54, 1.807) is 11.3 Å². The molecule has 0 radical (unpaired) electrons. The summed E-state index contributed by atoms with van der Waals surface area (Å²) in [6, 6.07) is 6.02. The molecule has 2 rings (SSSR count). The number of nitrogens with one attached hydrogen (secondary N) is 1. The van der Waals surface area contributed by atoms with Crippen molar-refractivity contribution < 1.29 is 4.74 Å². The fourth-order valence-electron chi connectivity index (χ4n) is 1.55. The van der Waals surface area contributed by atoms with E-state index in [2.05, 4.69) is 17.2 Å². The maximum absolute atomic E-state index is 5.74. The van der Waals surface area contributed by atoms with Crippen molar-refractivity contribution in [3.8, 4) is 0 Å². The van der Waals surface area contributed by atoms with Gasteiger partial charge in [0, 0.05) is 18.3 Å². The zero-order chi connectivity index (χ0) is 12.3. The zero-order valence-corrected chi connectivity index (χ0v) is 10.9. The van der Waals surface area contributed by atoms with E-state index in [-0.39, 0.29) is 6.04 Å². The summed E-state index contributed by atoms with van der Waals surface area (Å²) in [5.74, 6) is 0. The van der Waals surface area contributed by atoms with Gasteiger partial charge in [0.15, 0.2) is 5.13 Å². The van der Waals surface area contributed by atoms with E-state index in [1.807, 2.05) is 25.1 Å². The Morgan fingerprint density at radius 2 is 2.35 bits per heavy atom. The molecule has 0 aliphatic carbocycles. The molecular formula is C12H17N3OS. The van der Waals surface area contributed by atoms with Gasteiger partial charge in [-0.1, -0.05) is 11.3 Å². The average molecular weight is 251 g/mol. The molecule has 1 heterocycles. The van der Waals surface area contributed by atoms with Gasteiger partial charge in [-0.3, -0.25) is 0 Å². The number of aromatic nitrogens is 1. The lowest BCUT2D eigenvalue weighted by atomic mass is 10.3. The number of nitrogens with zero attached hydrogens (tertiary/aromatic N) is 1. The Hall–Kier alpha value is -1.33. The summed E-state index contributed by atoms with van der Waals surface area (Å²) >= 11 is 1.62. The highest BCUT2D eigenvalue weighted by Crippen LogP contribution is 2.27. The minimum absolute atomic E-state index is 0.257. The van der Waals surface area contributed by atoms with Crippen LogP contribution in [-0.4, -0.2) is 24.2 Å². The van der Waals surface area contributed by atoms with Gasteiger partial charge in [0.05, 0.1) is 16.8 Å². The van der Waals surface area contributed by atoms with Crippen molar-refractivity contribution in [2.45, 2.75) is 19.9 Å². The van der Waals surface area contributed by atoms with E-state index >= 15 is 0 Å². The maximum atomic E-state index is 5.74. The van der Waals surface area contributed by atoms with Crippen LogP contribution >= 0.6 is 11.3 Å². The molecule has 0 saturated heterocycles. The van der Waals surface area contributed by atoms with Crippen molar-refractivity contribution in [1.82, 2.24) is 4.98 Å². The van der Waals surface area contributed by atoms with E-state index in [0.717, 1.165) is 27.6 Å². The van der Waals surface area contributed by atoms with E-state index in [1.165, 1.54) is 0 Å². The molecule has 4 nitrogen and oxygen atoms in total. The third-order valence-corrected chi connectivity index (χ3v) is 3.30. The predicted molar refractivity (Wildman–Crippen MR) is 73.6 cm³/mol. The van der Waals surface area contributed by atoms with Gasteiger partial charge >= 0.3 is 0 Å². The number of nitrogens with two attached hydrogens (primary N) is 1. The van der Waals surface area contributed by atoms with Gasteiger partial charge in [0.25, 0.3) is 0 Å². The van der Waals surface area contributed by atoms with Gasteiger partial charge in [-0.2, -0.15) is 0 Å². The third kappa shape index (κ3) is 3.08. The topological polar surface area (TPSA) is 60.2 Å². The molecular weight excluding hydrogens is 234 g/mol. The molecule has 0 amide bonds. The standard InChI is InChI=1S/C12H17N3OS/c1-3-16-7-8(2)14-12-15-10-5-4-9(13)6-11(10)17-12/h4-6,8H,3,7,13H2,1-2H3,(H,14,15). The van der Waals surface area contributed by atoms with Gasteiger partial charge in [0.1, 0.15) is 0 Å². The van der Waals surface area contributed by atoms with Crippen LogP contribution in [-0.2, 0) is 4.74 Å². The second-order valence-corrected chi connectivity index (χ2v) is 4.98. The number of anilines is 2. The smallest absolute Gasteiger partial charge is 0.184 e. The van der Waals surface area contributed by atoms with Crippen LogP contribution in [0, 0.1) is 0 Å². The highest BCUT2D eigenvalue weighted by molar-refractivity contribution is 7.22. The lowest BCUT2D eigenvalue weighted by Crippen LogP contribution is -2.21. The molecule has 0 bridgehead atoms. The molecule has 17 heavy (non-hydrogen) atoms. The summed E-state index contributed by atoms with van der Waals surface area (Å²) in [4.78, 5) is 4.50. The molecule has 92 valence electrons. The minimum Gasteiger partial charge on any atom is -0.399 e. The SMILES string of the molecule is CCOCC(C)Nc1nc2ccc(N)cc2s1. The Labute approximate surface area is 105 Å². The van der Waals surface area contributed by atoms with Gasteiger partial charge in [-0.25, -0.2) is 4.98 Å². The van der Waals surface area contributed by atoms with E-state index in [0.29, 0.717) is 6.61 Å². The summed E-state index contributed by atoms with van der Waals surface area (Å²) in [6.07, 6.45) is 0. The molecule has 1 aromatic heterocycles. The Balaban J connectivity index is 2.08. The summed E-state index contributed by atoms with van der Waals surface area (Å²) in [5, 5.41) is 4.24. The Bertz CT molecular complexity index is 497. The first-order valence-electron chi connectivity index (χ1n) is 5.69. The van der Waals surface area contributed by atoms with Crippen LogP contribution in [0.15, 0.2) is 18.2 Å². The summed E-state index contributed by atoms with van der Waals surface area (Å²) in [6.45, 7) is 5.50. The fraction of sp³-hybridized carbons (Fsp3) is 0.417. The number of thiazole rings is 1. The van der Waals surface area contributed by atoms with Crippen molar-refractivity contribution in [3.05, 3.63) is 18.2 Å². The van der Waals surface area contributed by atoms with Gasteiger partial charge in [0.2, 0.25) is 0 Å². The normalized spacial score (nSPS) is 12.8. The molecule has 0 aliphatic rings. The van der Waals surface area contributed by atoms with Crippen LogP contribution in [0.5, 0.6) is 0 Å². The lowest BCUT2D eigenvalue weighted by Gasteiger charge is -2.11. The first kappa shape index (κ1) is 12.1. The first-order valence-corrected chi connectivity index (χ1v) is 6.51. The second kappa shape index (κ2) is 5.33. The minimum atomic E-state index is 0.257. The van der Waals surface area contributed by atoms with Crippen molar-refractivity contribution in [2.24, 2.45) is 0 Å². The quantitative estimate of drug-likeness (QED) is 0.802. The summed E-state index contributed by atoms with van der Waals surface area (Å²) in [5.41, 5.74) is 7.49. The molecule has 1 unspecified atom stereocenters. The number of fused-ring (bicyclic) bond motifs is 1. The van der Waals surface area contributed by atoms with Crippen molar-refractivity contribution >= 4 is 32.4 Å². The summed E-state index contributed by atoms with van der Waals surface area (Å²) in [7, 11) is 0. The zero-order valence-electron chi connectivity index (χ0n) is 10.1. The van der Waals surface area contributed by atoms with Crippen LogP contribution < -0.4 is 11.1 Å². The highest BCUT2D eigenvalue weighted by Gasteiger charge is 2.07. The lowest BCUT2D eigenvalue weighted by molar-refractivity contribution is 0.141. The van der Waals surface area contributed by atoms with Crippen LogP contribution in [0.3, 0.4) is 0 Å². The molecule has 2 aromatic rings. The number of benzene rings is 1.